The van der Waals surface area contributed by atoms with Gasteiger partial charge < -0.3 is 4.74 Å². The van der Waals surface area contributed by atoms with Crippen LogP contribution in [0.2, 0.25) is 0 Å². The van der Waals surface area contributed by atoms with Gasteiger partial charge in [0.05, 0.1) is 4.90 Å². The van der Waals surface area contributed by atoms with Crippen molar-refractivity contribution in [2.45, 2.75) is 36.8 Å². The van der Waals surface area contributed by atoms with Gasteiger partial charge in [-0.3, -0.25) is 0 Å². The zero-order valence-corrected chi connectivity index (χ0v) is 13.6. The number of rotatable bonds is 5. The first-order chi connectivity index (χ1) is 10.9. The van der Waals surface area contributed by atoms with Gasteiger partial charge in [0.1, 0.15) is 14.0 Å². The largest absolute Gasteiger partial charge is 0.475 e. The number of sulfonamides is 1. The highest BCUT2D eigenvalue weighted by Crippen LogP contribution is 2.26. The summed E-state index contributed by atoms with van der Waals surface area (Å²) >= 11 is 0. The van der Waals surface area contributed by atoms with Crippen LogP contribution in [0.4, 0.5) is 0 Å². The maximum absolute atomic E-state index is 12.3. The molecule has 2 radical (unpaired) electrons. The molecule has 1 saturated carbocycles. The minimum atomic E-state index is -3.49. The summed E-state index contributed by atoms with van der Waals surface area (Å²) in [5.74, 6) is 0.400. The molecule has 0 bridgehead atoms. The van der Waals surface area contributed by atoms with Gasteiger partial charge in [0.25, 0.3) is 0 Å². The summed E-state index contributed by atoms with van der Waals surface area (Å²) in [7, 11) is 2.29. The molecular weight excluding hydrogens is 311 g/mol. The van der Waals surface area contributed by atoms with E-state index in [-0.39, 0.29) is 17.0 Å². The van der Waals surface area contributed by atoms with E-state index in [0.717, 1.165) is 5.56 Å². The predicted octanol–water partition coefficient (Wildman–Crippen LogP) is 1.07. The van der Waals surface area contributed by atoms with Crippen LogP contribution in [-0.2, 0) is 10.0 Å². The molecule has 5 nitrogen and oxygen atoms in total. The molecule has 3 rings (SSSR count). The molecule has 1 aliphatic rings. The first kappa shape index (κ1) is 16.0. The van der Waals surface area contributed by atoms with Crippen molar-refractivity contribution in [3.8, 4) is 5.88 Å². The van der Waals surface area contributed by atoms with Crippen molar-refractivity contribution in [3.05, 3.63) is 48.2 Å². The lowest BCUT2D eigenvalue weighted by molar-refractivity contribution is 0.0909. The van der Waals surface area contributed by atoms with Gasteiger partial charge in [-0.2, -0.15) is 0 Å². The minimum absolute atomic E-state index is 0.0714. The average Bonchev–Trinajstić information content (AvgIpc) is 2.47. The highest BCUT2D eigenvalue weighted by molar-refractivity contribution is 7.89. The highest BCUT2D eigenvalue weighted by Gasteiger charge is 2.34. The first-order valence-corrected chi connectivity index (χ1v) is 8.88. The molecule has 1 fully saturated rings. The van der Waals surface area contributed by atoms with E-state index in [1.807, 2.05) is 6.92 Å². The second kappa shape index (κ2) is 6.33. The zero-order valence-electron chi connectivity index (χ0n) is 12.8. The second-order valence-corrected chi connectivity index (χ2v) is 7.45. The van der Waals surface area contributed by atoms with Crippen LogP contribution in [0.15, 0.2) is 47.5 Å². The van der Waals surface area contributed by atoms with E-state index in [0.29, 0.717) is 24.2 Å². The Kier molecular flexibility index (Phi) is 4.41. The van der Waals surface area contributed by atoms with Crippen LogP contribution < -0.4 is 14.9 Å². The lowest BCUT2D eigenvalue weighted by Gasteiger charge is -2.35. The van der Waals surface area contributed by atoms with Crippen LogP contribution in [0.3, 0.4) is 0 Å². The van der Waals surface area contributed by atoms with Crippen LogP contribution in [0.25, 0.3) is 0 Å². The third kappa shape index (κ3) is 3.73. The molecule has 7 heteroatoms. The van der Waals surface area contributed by atoms with Gasteiger partial charge in [-0.1, -0.05) is 23.8 Å². The summed E-state index contributed by atoms with van der Waals surface area (Å²) in [5, 5.41) is 0. The Bertz CT molecular complexity index is 787. The molecule has 0 unspecified atom stereocenters. The number of nitrogens with one attached hydrogen (secondary N) is 1. The Morgan fingerprint density at radius 2 is 1.91 bits per heavy atom. The number of aromatic nitrogens is 1. The summed E-state index contributed by atoms with van der Waals surface area (Å²) < 4.78 is 32.9. The van der Waals surface area contributed by atoms with Gasteiger partial charge in [0.2, 0.25) is 15.9 Å². The first-order valence-electron chi connectivity index (χ1n) is 7.40. The predicted molar refractivity (Wildman–Crippen MR) is 88.6 cm³/mol. The Morgan fingerprint density at radius 3 is 2.57 bits per heavy atom. The summed E-state index contributed by atoms with van der Waals surface area (Å²) in [6, 6.07) is 10.1. The Labute approximate surface area is 137 Å². The van der Waals surface area contributed by atoms with Gasteiger partial charge in [-0.15, -0.1) is 0 Å². The standard InChI is InChI=1S/C16H17BN2O3S/c1-11-4-6-14(7-5-11)23(20,21)19-12-9-13(10-12)22-16-15(17)3-2-8-18-16/h2-8,12-13,19H,9-10H2,1H3. The van der Waals surface area contributed by atoms with E-state index in [9.17, 15) is 8.42 Å². The van der Waals surface area contributed by atoms with Gasteiger partial charge in [-0.25, -0.2) is 18.1 Å². The molecule has 0 amide bonds. The number of hydrogen-bond donors (Lipinski definition) is 1. The molecule has 0 saturated heterocycles. The maximum atomic E-state index is 12.3. The quantitative estimate of drug-likeness (QED) is 0.834. The molecule has 1 heterocycles. The van der Waals surface area contributed by atoms with Gasteiger partial charge >= 0.3 is 0 Å². The molecule has 0 atom stereocenters. The smallest absolute Gasteiger partial charge is 0.240 e. The molecule has 1 aromatic heterocycles. The summed E-state index contributed by atoms with van der Waals surface area (Å²) in [6.45, 7) is 1.92. The molecule has 0 aliphatic heterocycles. The average molecular weight is 328 g/mol. The zero-order chi connectivity index (χ0) is 16.4. The molecule has 23 heavy (non-hydrogen) atoms. The topological polar surface area (TPSA) is 68.3 Å². The molecule has 1 N–H and O–H groups in total. The number of aryl methyl sites for hydroxylation is 1. The molecule has 1 aliphatic carbocycles. The Morgan fingerprint density at radius 1 is 1.22 bits per heavy atom. The molecule has 118 valence electrons. The van der Waals surface area contributed by atoms with Crippen LogP contribution in [0.5, 0.6) is 5.88 Å². The van der Waals surface area contributed by atoms with E-state index in [2.05, 4.69) is 9.71 Å². The molecule has 1 aromatic carbocycles. The van der Waals surface area contributed by atoms with Crippen LogP contribution in [-0.4, -0.2) is 33.4 Å². The third-order valence-corrected chi connectivity index (χ3v) is 5.36. The fraction of sp³-hybridized carbons (Fsp3) is 0.312. The van der Waals surface area contributed by atoms with E-state index < -0.39 is 10.0 Å². The monoisotopic (exact) mass is 328 g/mol. The van der Waals surface area contributed by atoms with Gasteiger partial charge in [-0.05, 0) is 30.6 Å². The Balaban J connectivity index is 1.56. The van der Waals surface area contributed by atoms with E-state index in [1.165, 1.54) is 0 Å². The van der Waals surface area contributed by atoms with Gasteiger partial charge in [0, 0.05) is 25.1 Å². The van der Waals surface area contributed by atoms with Crippen molar-refractivity contribution in [2.75, 3.05) is 0 Å². The van der Waals surface area contributed by atoms with E-state index >= 15 is 0 Å². The summed E-state index contributed by atoms with van der Waals surface area (Å²) in [6.07, 6.45) is 2.74. The lowest BCUT2D eigenvalue weighted by Crippen LogP contribution is -2.49. The van der Waals surface area contributed by atoms with E-state index in [1.54, 1.807) is 42.6 Å². The maximum Gasteiger partial charge on any atom is 0.240 e. The van der Waals surface area contributed by atoms with Crippen LogP contribution in [0, 0.1) is 6.92 Å². The summed E-state index contributed by atoms with van der Waals surface area (Å²) in [4.78, 5) is 4.35. The lowest BCUT2D eigenvalue weighted by atomic mass is 9.90. The normalized spacial score (nSPS) is 20.7. The number of nitrogens with zero attached hydrogens (tertiary/aromatic N) is 1. The van der Waals surface area contributed by atoms with Crippen molar-refractivity contribution >= 4 is 23.3 Å². The summed E-state index contributed by atoms with van der Waals surface area (Å²) in [5.41, 5.74) is 1.50. The van der Waals surface area contributed by atoms with E-state index in [4.69, 9.17) is 12.6 Å². The fourth-order valence-electron chi connectivity index (χ4n) is 2.42. The molecule has 2 aromatic rings. The fourth-order valence-corrected chi connectivity index (χ4v) is 3.68. The molecular formula is C16H17BN2O3S. The van der Waals surface area contributed by atoms with Crippen molar-refractivity contribution in [1.29, 1.82) is 0 Å². The SMILES string of the molecule is [B]c1cccnc1OC1CC(NS(=O)(=O)c2ccc(C)cc2)C1. The van der Waals surface area contributed by atoms with Gasteiger partial charge in [0.15, 0.2) is 0 Å². The number of benzene rings is 1. The molecule has 0 spiro atoms. The van der Waals surface area contributed by atoms with Crippen molar-refractivity contribution < 1.29 is 13.2 Å². The minimum Gasteiger partial charge on any atom is -0.475 e. The third-order valence-electron chi connectivity index (χ3n) is 3.83. The number of hydrogen-bond acceptors (Lipinski definition) is 4. The van der Waals surface area contributed by atoms with Crippen molar-refractivity contribution in [3.63, 3.8) is 0 Å². The number of ether oxygens (including phenoxy) is 1. The van der Waals surface area contributed by atoms with Crippen molar-refractivity contribution in [2.24, 2.45) is 0 Å². The number of pyridine rings is 1. The Hall–Kier alpha value is -1.86. The second-order valence-electron chi connectivity index (χ2n) is 5.74. The van der Waals surface area contributed by atoms with Crippen molar-refractivity contribution in [1.82, 2.24) is 9.71 Å². The van der Waals surface area contributed by atoms with Crippen LogP contribution >= 0.6 is 0 Å². The highest BCUT2D eigenvalue weighted by atomic mass is 32.2. The van der Waals surface area contributed by atoms with Crippen LogP contribution in [0.1, 0.15) is 18.4 Å².